The van der Waals surface area contributed by atoms with Gasteiger partial charge in [0.05, 0.1) is 11.0 Å². The van der Waals surface area contributed by atoms with Crippen LogP contribution < -0.4 is 5.56 Å². The molecule has 20 heavy (non-hydrogen) atoms. The minimum atomic E-state index is -0.468. The van der Waals surface area contributed by atoms with E-state index in [2.05, 4.69) is 9.97 Å². The second-order valence-corrected chi connectivity index (χ2v) is 4.49. The van der Waals surface area contributed by atoms with Crippen molar-refractivity contribution in [3.8, 4) is 0 Å². The number of ether oxygens (including phenoxy) is 1. The highest BCUT2D eigenvalue weighted by Gasteiger charge is 2.18. The lowest BCUT2D eigenvalue weighted by molar-refractivity contribution is 0.132. The first-order valence-corrected chi connectivity index (χ1v) is 6.36. The van der Waals surface area contributed by atoms with Gasteiger partial charge in [-0.1, -0.05) is 42.5 Å². The predicted octanol–water partition coefficient (Wildman–Crippen LogP) is 2.66. The number of nitrogens with zero attached hydrogens (tertiary/aromatic N) is 1. The summed E-state index contributed by atoms with van der Waals surface area (Å²) in [6.07, 6.45) is -0.468. The first-order chi connectivity index (χ1) is 9.79. The Hall–Kier alpha value is -2.46. The summed E-state index contributed by atoms with van der Waals surface area (Å²) in [5.74, 6) is 0. The number of fused-ring (bicyclic) bond motifs is 1. The zero-order valence-electron chi connectivity index (χ0n) is 11.0. The quantitative estimate of drug-likeness (QED) is 0.793. The molecule has 2 aromatic carbocycles. The van der Waals surface area contributed by atoms with E-state index in [0.717, 1.165) is 16.6 Å². The lowest BCUT2D eigenvalue weighted by Crippen LogP contribution is -2.20. The molecule has 0 bridgehead atoms. The monoisotopic (exact) mass is 266 g/mol. The first kappa shape index (κ1) is 12.6. The first-order valence-electron chi connectivity index (χ1n) is 6.36. The largest absolute Gasteiger partial charge is 0.370 e. The molecule has 0 aliphatic carbocycles. The van der Waals surface area contributed by atoms with Crippen molar-refractivity contribution in [2.75, 3.05) is 7.11 Å². The van der Waals surface area contributed by atoms with E-state index in [1.54, 1.807) is 7.11 Å². The van der Waals surface area contributed by atoms with E-state index in [-0.39, 0.29) is 5.56 Å². The van der Waals surface area contributed by atoms with Gasteiger partial charge in [0.2, 0.25) is 0 Å². The van der Waals surface area contributed by atoms with Gasteiger partial charge in [-0.2, -0.15) is 0 Å². The zero-order chi connectivity index (χ0) is 13.9. The Kier molecular flexibility index (Phi) is 3.31. The van der Waals surface area contributed by atoms with Crippen molar-refractivity contribution in [3.05, 3.63) is 76.2 Å². The molecule has 3 aromatic rings. The SMILES string of the molecule is CO[C@H](c1ccccc1)c1nc2ccccc2[nH]c1=O. The van der Waals surface area contributed by atoms with Gasteiger partial charge in [0.1, 0.15) is 11.8 Å². The van der Waals surface area contributed by atoms with Crippen LogP contribution in [0.4, 0.5) is 0 Å². The molecule has 1 N–H and O–H groups in total. The maximum Gasteiger partial charge on any atom is 0.273 e. The van der Waals surface area contributed by atoms with Gasteiger partial charge in [-0.25, -0.2) is 4.98 Å². The molecular formula is C16H14N2O2. The molecule has 1 atom stereocenters. The van der Waals surface area contributed by atoms with Crippen LogP contribution >= 0.6 is 0 Å². The summed E-state index contributed by atoms with van der Waals surface area (Å²) in [6, 6.07) is 17.0. The Morgan fingerprint density at radius 3 is 2.50 bits per heavy atom. The van der Waals surface area contributed by atoms with Gasteiger partial charge in [-0.15, -0.1) is 0 Å². The summed E-state index contributed by atoms with van der Waals surface area (Å²) in [5.41, 5.74) is 2.53. The number of H-pyrrole nitrogens is 1. The van der Waals surface area contributed by atoms with Crippen LogP contribution in [-0.2, 0) is 4.74 Å². The Balaban J connectivity index is 2.17. The van der Waals surface area contributed by atoms with E-state index in [4.69, 9.17) is 4.74 Å². The maximum atomic E-state index is 12.2. The maximum absolute atomic E-state index is 12.2. The highest BCUT2D eigenvalue weighted by molar-refractivity contribution is 5.73. The fourth-order valence-electron chi connectivity index (χ4n) is 2.25. The Morgan fingerprint density at radius 2 is 1.75 bits per heavy atom. The molecule has 100 valence electrons. The minimum absolute atomic E-state index is 0.223. The van der Waals surface area contributed by atoms with Crippen molar-refractivity contribution >= 4 is 11.0 Å². The third-order valence-corrected chi connectivity index (χ3v) is 3.21. The van der Waals surface area contributed by atoms with Crippen LogP contribution in [0.1, 0.15) is 17.4 Å². The van der Waals surface area contributed by atoms with E-state index in [1.165, 1.54) is 0 Å². The molecule has 0 unspecified atom stereocenters. The predicted molar refractivity (Wildman–Crippen MR) is 77.7 cm³/mol. The standard InChI is InChI=1S/C16H14N2O2/c1-20-15(11-7-3-2-4-8-11)14-16(19)18-13-10-6-5-9-12(13)17-14/h2-10,15H,1H3,(H,18,19)/t15-/m1/s1. The Morgan fingerprint density at radius 1 is 1.05 bits per heavy atom. The van der Waals surface area contributed by atoms with Crippen molar-refractivity contribution in [2.24, 2.45) is 0 Å². The molecule has 0 saturated heterocycles. The highest BCUT2D eigenvalue weighted by atomic mass is 16.5. The van der Waals surface area contributed by atoms with Gasteiger partial charge >= 0.3 is 0 Å². The number of nitrogens with one attached hydrogen (secondary N) is 1. The Labute approximate surface area is 116 Å². The third-order valence-electron chi connectivity index (χ3n) is 3.21. The van der Waals surface area contributed by atoms with Gasteiger partial charge in [-0.3, -0.25) is 4.79 Å². The molecule has 1 heterocycles. The molecule has 0 aliphatic heterocycles. The van der Waals surface area contributed by atoms with Crippen LogP contribution in [0.2, 0.25) is 0 Å². The van der Waals surface area contributed by atoms with Gasteiger partial charge in [-0.05, 0) is 17.7 Å². The van der Waals surface area contributed by atoms with Crippen molar-refractivity contribution in [1.82, 2.24) is 9.97 Å². The summed E-state index contributed by atoms with van der Waals surface area (Å²) >= 11 is 0. The lowest BCUT2D eigenvalue weighted by Gasteiger charge is -2.14. The molecule has 0 spiro atoms. The summed E-state index contributed by atoms with van der Waals surface area (Å²) in [5, 5.41) is 0. The van der Waals surface area contributed by atoms with Crippen molar-refractivity contribution in [1.29, 1.82) is 0 Å². The minimum Gasteiger partial charge on any atom is -0.370 e. The van der Waals surface area contributed by atoms with Crippen LogP contribution in [0.5, 0.6) is 0 Å². The van der Waals surface area contributed by atoms with E-state index in [0.29, 0.717) is 5.69 Å². The molecular weight excluding hydrogens is 252 g/mol. The van der Waals surface area contributed by atoms with Crippen LogP contribution in [0.25, 0.3) is 11.0 Å². The summed E-state index contributed by atoms with van der Waals surface area (Å²) in [7, 11) is 1.58. The van der Waals surface area contributed by atoms with Gasteiger partial charge < -0.3 is 9.72 Å². The van der Waals surface area contributed by atoms with Crippen molar-refractivity contribution in [3.63, 3.8) is 0 Å². The van der Waals surface area contributed by atoms with Crippen LogP contribution in [0.3, 0.4) is 0 Å². The van der Waals surface area contributed by atoms with Crippen molar-refractivity contribution < 1.29 is 4.74 Å². The molecule has 3 rings (SSSR count). The van der Waals surface area contributed by atoms with Gasteiger partial charge in [0.25, 0.3) is 5.56 Å². The molecule has 0 amide bonds. The van der Waals surface area contributed by atoms with Gasteiger partial charge in [0.15, 0.2) is 0 Å². The van der Waals surface area contributed by atoms with Crippen LogP contribution in [0.15, 0.2) is 59.4 Å². The topological polar surface area (TPSA) is 55.0 Å². The molecule has 4 nitrogen and oxygen atoms in total. The second-order valence-electron chi connectivity index (χ2n) is 4.49. The van der Waals surface area contributed by atoms with Crippen molar-refractivity contribution in [2.45, 2.75) is 6.10 Å². The molecule has 4 heteroatoms. The van der Waals surface area contributed by atoms with Gasteiger partial charge in [0, 0.05) is 7.11 Å². The molecule has 1 aromatic heterocycles. The van der Waals surface area contributed by atoms with E-state index in [9.17, 15) is 4.79 Å². The number of benzene rings is 2. The Bertz CT molecular complexity index is 781. The molecule has 0 fully saturated rings. The van der Waals surface area contributed by atoms with E-state index < -0.39 is 6.10 Å². The molecule has 0 radical (unpaired) electrons. The number of hydrogen-bond acceptors (Lipinski definition) is 3. The average molecular weight is 266 g/mol. The van der Waals surface area contributed by atoms with Crippen LogP contribution in [0, 0.1) is 0 Å². The fraction of sp³-hybridized carbons (Fsp3) is 0.125. The lowest BCUT2D eigenvalue weighted by atomic mass is 10.1. The molecule has 0 saturated carbocycles. The molecule has 0 aliphatic rings. The fourth-order valence-corrected chi connectivity index (χ4v) is 2.25. The number of hydrogen-bond donors (Lipinski definition) is 1. The highest BCUT2D eigenvalue weighted by Crippen LogP contribution is 2.22. The third kappa shape index (κ3) is 2.21. The number of aromatic nitrogens is 2. The zero-order valence-corrected chi connectivity index (χ0v) is 11.0. The number of methoxy groups -OCH3 is 1. The van der Waals surface area contributed by atoms with E-state index >= 15 is 0 Å². The smallest absolute Gasteiger partial charge is 0.273 e. The number of rotatable bonds is 3. The van der Waals surface area contributed by atoms with E-state index in [1.807, 2.05) is 54.6 Å². The van der Waals surface area contributed by atoms with Crippen LogP contribution in [-0.4, -0.2) is 17.1 Å². The average Bonchev–Trinajstić information content (AvgIpc) is 2.49. The normalized spacial score (nSPS) is 12.4. The number of aromatic amines is 1. The summed E-state index contributed by atoms with van der Waals surface area (Å²) in [4.78, 5) is 19.5. The second kappa shape index (κ2) is 5.27. The number of para-hydroxylation sites is 2. The summed E-state index contributed by atoms with van der Waals surface area (Å²) in [6.45, 7) is 0. The summed E-state index contributed by atoms with van der Waals surface area (Å²) < 4.78 is 5.47.